The second-order valence-electron chi connectivity index (χ2n) is 6.79. The number of carbonyl (C=O) groups is 1. The van der Waals surface area contributed by atoms with Crippen LogP contribution in [0.2, 0.25) is 0 Å². The van der Waals surface area contributed by atoms with Crippen LogP contribution in [0.25, 0.3) is 11.3 Å². The van der Waals surface area contributed by atoms with Crippen LogP contribution in [0.4, 0.5) is 11.4 Å². The van der Waals surface area contributed by atoms with Crippen molar-refractivity contribution in [1.82, 2.24) is 9.55 Å². The number of nitrogens with one attached hydrogen (secondary N) is 1. The molecule has 2 heterocycles. The topological polar surface area (TPSA) is 50.2 Å². The summed E-state index contributed by atoms with van der Waals surface area (Å²) in [5, 5.41) is 2.99. The number of amides is 1. The van der Waals surface area contributed by atoms with Crippen molar-refractivity contribution in [2.75, 3.05) is 24.3 Å². The molecule has 3 aromatic rings. The molecule has 1 N–H and O–H groups in total. The summed E-state index contributed by atoms with van der Waals surface area (Å²) in [5.41, 5.74) is 4.69. The molecule has 4 rings (SSSR count). The molecule has 2 aromatic carbocycles. The van der Waals surface area contributed by atoms with E-state index in [0.29, 0.717) is 5.56 Å². The normalized spacial score (nSPS) is 12.7. The Morgan fingerprint density at radius 1 is 1.15 bits per heavy atom. The number of nitrogens with zero attached hydrogens (tertiary/aromatic N) is 3. The van der Waals surface area contributed by atoms with Crippen LogP contribution in [-0.4, -0.2) is 29.6 Å². The molecule has 5 nitrogen and oxygen atoms in total. The van der Waals surface area contributed by atoms with Crippen LogP contribution in [-0.2, 0) is 13.0 Å². The Hall–Kier alpha value is -3.08. The molecule has 0 bridgehead atoms. The monoisotopic (exact) mass is 346 g/mol. The minimum absolute atomic E-state index is 0.106. The highest BCUT2D eigenvalue weighted by molar-refractivity contribution is 6.04. The number of hydrogen-bond acceptors (Lipinski definition) is 3. The highest BCUT2D eigenvalue weighted by Gasteiger charge is 2.17. The lowest BCUT2D eigenvalue weighted by Gasteiger charge is -2.13. The molecule has 0 atom stereocenters. The fourth-order valence-corrected chi connectivity index (χ4v) is 3.36. The molecule has 5 heteroatoms. The van der Waals surface area contributed by atoms with Gasteiger partial charge in [0.25, 0.3) is 5.91 Å². The first-order chi connectivity index (χ1) is 12.6. The fraction of sp³-hybridized carbons (Fsp3) is 0.238. The largest absolute Gasteiger partial charge is 0.378 e. The number of aromatic nitrogens is 2. The minimum Gasteiger partial charge on any atom is -0.378 e. The summed E-state index contributed by atoms with van der Waals surface area (Å²) in [6.45, 7) is 1.01. The van der Waals surface area contributed by atoms with Gasteiger partial charge in [-0.1, -0.05) is 12.1 Å². The zero-order valence-corrected chi connectivity index (χ0v) is 15.1. The van der Waals surface area contributed by atoms with E-state index in [1.54, 1.807) is 0 Å². The molecule has 0 saturated heterocycles. The number of rotatable bonds is 4. The molecule has 0 radical (unpaired) electrons. The molecule has 0 unspecified atom stereocenters. The van der Waals surface area contributed by atoms with Crippen LogP contribution in [0.5, 0.6) is 0 Å². The van der Waals surface area contributed by atoms with Crippen molar-refractivity contribution < 1.29 is 4.79 Å². The lowest BCUT2D eigenvalue weighted by Crippen LogP contribution is -2.13. The number of anilines is 2. The first-order valence-electron chi connectivity index (χ1n) is 8.85. The Morgan fingerprint density at radius 3 is 2.73 bits per heavy atom. The van der Waals surface area contributed by atoms with E-state index in [9.17, 15) is 4.79 Å². The molecular weight excluding hydrogens is 324 g/mol. The Morgan fingerprint density at radius 2 is 1.96 bits per heavy atom. The highest BCUT2D eigenvalue weighted by atomic mass is 16.1. The van der Waals surface area contributed by atoms with Crippen molar-refractivity contribution in [2.24, 2.45) is 0 Å². The SMILES string of the molecule is CN(C)c1ccc(C(=O)Nc2cccc(-c3cnc4n3CCC4)c2)cc1. The van der Waals surface area contributed by atoms with Gasteiger partial charge in [0.1, 0.15) is 5.82 Å². The van der Waals surface area contributed by atoms with E-state index in [4.69, 9.17) is 0 Å². The first kappa shape index (κ1) is 16.4. The highest BCUT2D eigenvalue weighted by Crippen LogP contribution is 2.27. The van der Waals surface area contributed by atoms with Crippen LogP contribution < -0.4 is 10.2 Å². The van der Waals surface area contributed by atoms with Crippen molar-refractivity contribution in [1.29, 1.82) is 0 Å². The average Bonchev–Trinajstić information content (AvgIpc) is 3.25. The summed E-state index contributed by atoms with van der Waals surface area (Å²) >= 11 is 0. The van der Waals surface area contributed by atoms with Crippen LogP contribution in [0.1, 0.15) is 22.6 Å². The van der Waals surface area contributed by atoms with Crippen LogP contribution in [0.15, 0.2) is 54.7 Å². The molecular formula is C21H22N4O. The van der Waals surface area contributed by atoms with Gasteiger partial charge in [0, 0.05) is 49.6 Å². The number of aryl methyl sites for hydroxylation is 1. The van der Waals surface area contributed by atoms with E-state index in [1.165, 1.54) is 0 Å². The molecule has 1 aromatic heterocycles. The summed E-state index contributed by atoms with van der Waals surface area (Å²) < 4.78 is 2.26. The number of imidazole rings is 1. The van der Waals surface area contributed by atoms with Crippen molar-refractivity contribution >= 4 is 17.3 Å². The van der Waals surface area contributed by atoms with Gasteiger partial charge in [-0.15, -0.1) is 0 Å². The Labute approximate surface area is 153 Å². The van der Waals surface area contributed by atoms with E-state index >= 15 is 0 Å². The van der Waals surface area contributed by atoms with Crippen LogP contribution >= 0.6 is 0 Å². The number of benzene rings is 2. The Kier molecular flexibility index (Phi) is 4.21. The maximum absolute atomic E-state index is 12.5. The van der Waals surface area contributed by atoms with Gasteiger partial charge in [0.15, 0.2) is 0 Å². The lowest BCUT2D eigenvalue weighted by molar-refractivity contribution is 0.102. The Balaban J connectivity index is 1.54. The van der Waals surface area contributed by atoms with E-state index in [2.05, 4.69) is 20.9 Å². The van der Waals surface area contributed by atoms with Crippen molar-refractivity contribution in [3.8, 4) is 11.3 Å². The van der Waals surface area contributed by atoms with E-state index in [0.717, 1.165) is 47.8 Å². The maximum atomic E-state index is 12.5. The van der Waals surface area contributed by atoms with E-state index < -0.39 is 0 Å². The molecule has 132 valence electrons. The standard InChI is InChI=1S/C21H22N4O/c1-24(2)18-10-8-15(9-11-18)21(26)23-17-6-3-5-16(13-17)19-14-22-20-7-4-12-25(19)20/h3,5-6,8-11,13-14H,4,7,12H2,1-2H3,(H,23,26). The summed E-state index contributed by atoms with van der Waals surface area (Å²) in [4.78, 5) is 19.1. The van der Waals surface area contributed by atoms with Gasteiger partial charge in [-0.25, -0.2) is 4.98 Å². The van der Waals surface area contributed by atoms with Gasteiger partial charge in [0.2, 0.25) is 0 Å². The molecule has 1 aliphatic rings. The fourth-order valence-electron chi connectivity index (χ4n) is 3.36. The van der Waals surface area contributed by atoms with Gasteiger partial charge in [-0.3, -0.25) is 4.79 Å². The van der Waals surface area contributed by atoms with Gasteiger partial charge in [-0.2, -0.15) is 0 Å². The molecule has 0 aliphatic carbocycles. The first-order valence-corrected chi connectivity index (χ1v) is 8.85. The number of hydrogen-bond donors (Lipinski definition) is 1. The molecule has 26 heavy (non-hydrogen) atoms. The molecule has 0 fully saturated rings. The smallest absolute Gasteiger partial charge is 0.255 e. The molecule has 1 amide bonds. The average molecular weight is 346 g/mol. The summed E-state index contributed by atoms with van der Waals surface area (Å²) in [5.74, 6) is 1.04. The summed E-state index contributed by atoms with van der Waals surface area (Å²) in [6, 6.07) is 15.5. The maximum Gasteiger partial charge on any atom is 0.255 e. The predicted molar refractivity (Wildman–Crippen MR) is 105 cm³/mol. The third kappa shape index (κ3) is 3.08. The van der Waals surface area contributed by atoms with E-state index in [1.807, 2.05) is 67.7 Å². The predicted octanol–water partition coefficient (Wildman–Crippen LogP) is 3.81. The molecule has 1 aliphatic heterocycles. The van der Waals surface area contributed by atoms with Crippen molar-refractivity contribution in [3.63, 3.8) is 0 Å². The number of carbonyl (C=O) groups excluding carboxylic acids is 1. The van der Waals surface area contributed by atoms with Crippen LogP contribution in [0.3, 0.4) is 0 Å². The van der Waals surface area contributed by atoms with Crippen molar-refractivity contribution in [2.45, 2.75) is 19.4 Å². The third-order valence-electron chi connectivity index (χ3n) is 4.78. The minimum atomic E-state index is -0.106. The van der Waals surface area contributed by atoms with Gasteiger partial charge in [0.05, 0.1) is 11.9 Å². The lowest BCUT2D eigenvalue weighted by atomic mass is 10.1. The van der Waals surface area contributed by atoms with E-state index in [-0.39, 0.29) is 5.91 Å². The zero-order chi connectivity index (χ0) is 18.1. The van der Waals surface area contributed by atoms with Gasteiger partial charge >= 0.3 is 0 Å². The van der Waals surface area contributed by atoms with Gasteiger partial charge < -0.3 is 14.8 Å². The van der Waals surface area contributed by atoms with Gasteiger partial charge in [-0.05, 0) is 42.8 Å². The molecule has 0 saturated carbocycles. The van der Waals surface area contributed by atoms with Crippen molar-refractivity contribution in [3.05, 3.63) is 66.1 Å². The third-order valence-corrected chi connectivity index (χ3v) is 4.78. The zero-order valence-electron chi connectivity index (χ0n) is 15.1. The second kappa shape index (κ2) is 6.67. The molecule has 0 spiro atoms. The van der Waals surface area contributed by atoms with Crippen LogP contribution in [0, 0.1) is 0 Å². The quantitative estimate of drug-likeness (QED) is 0.781. The summed E-state index contributed by atoms with van der Waals surface area (Å²) in [7, 11) is 3.96. The number of fused-ring (bicyclic) bond motifs is 1. The summed E-state index contributed by atoms with van der Waals surface area (Å²) in [6.07, 6.45) is 4.12. The second-order valence-corrected chi connectivity index (χ2v) is 6.79. The Bertz CT molecular complexity index is 941.